The van der Waals surface area contributed by atoms with Crippen LogP contribution in [0.5, 0.6) is 0 Å². The standard InChI is InChI=1S/C64H46N2S2/c1-64(66(48-27-10-4-11-28-48)49-29-12-5-13-30-49)41-57(65(46-23-6-2-7-24-46)47-25-8-3-9-26-47)61-56-40-55(50-31-16-17-33-52(50)63(56)68-59(61)42-64)60(45-38-37-43-21-14-15-22-44(43)39-45)54-35-20-34-53-51-32-18-19-36-58(51)67-62(53)54/h2-41,60H,42H2,1H3/t60-,64?/m1/s1. The van der Waals surface area contributed by atoms with Gasteiger partial charge in [0.2, 0.25) is 0 Å². The summed E-state index contributed by atoms with van der Waals surface area (Å²) >= 11 is 3.90. The zero-order valence-corrected chi connectivity index (χ0v) is 39.2. The van der Waals surface area contributed by atoms with Crippen molar-refractivity contribution >= 4 is 103 Å². The van der Waals surface area contributed by atoms with Gasteiger partial charge in [-0.3, -0.25) is 0 Å². The minimum absolute atomic E-state index is 0.0477. The van der Waals surface area contributed by atoms with Gasteiger partial charge in [0.1, 0.15) is 0 Å². The third-order valence-electron chi connectivity index (χ3n) is 14.0. The summed E-state index contributed by atoms with van der Waals surface area (Å²) in [5.74, 6) is -0.0477. The van der Waals surface area contributed by atoms with Crippen molar-refractivity contribution in [3.05, 3.63) is 270 Å². The minimum Gasteiger partial charge on any atom is -0.332 e. The first-order chi connectivity index (χ1) is 33.6. The predicted octanol–water partition coefficient (Wildman–Crippen LogP) is 18.1. The number of hydrogen-bond donors (Lipinski definition) is 0. The molecule has 12 aromatic rings. The van der Waals surface area contributed by atoms with Crippen LogP contribution in [0.1, 0.15) is 40.0 Å². The van der Waals surface area contributed by atoms with Crippen molar-refractivity contribution in [3.8, 4) is 0 Å². The molecule has 1 aliphatic rings. The van der Waals surface area contributed by atoms with Crippen LogP contribution in [-0.4, -0.2) is 5.54 Å². The molecule has 0 saturated heterocycles. The van der Waals surface area contributed by atoms with Crippen molar-refractivity contribution in [1.29, 1.82) is 0 Å². The molecule has 0 N–H and O–H groups in total. The van der Waals surface area contributed by atoms with E-state index in [1.165, 1.54) is 84.6 Å². The van der Waals surface area contributed by atoms with E-state index in [4.69, 9.17) is 0 Å². The number of thiophene rings is 2. The molecule has 2 aromatic heterocycles. The quantitative estimate of drug-likeness (QED) is 0.133. The Morgan fingerprint density at radius 1 is 0.426 bits per heavy atom. The average Bonchev–Trinajstić information content (AvgIpc) is 3.97. The summed E-state index contributed by atoms with van der Waals surface area (Å²) < 4.78 is 3.99. The van der Waals surface area contributed by atoms with Crippen LogP contribution >= 0.6 is 22.7 Å². The first-order valence-electron chi connectivity index (χ1n) is 23.5. The van der Waals surface area contributed by atoms with E-state index in [2.05, 4.69) is 259 Å². The third-order valence-corrected chi connectivity index (χ3v) is 16.5. The highest BCUT2D eigenvalue weighted by molar-refractivity contribution is 7.26. The minimum atomic E-state index is -0.461. The first-order valence-corrected chi connectivity index (χ1v) is 25.1. The van der Waals surface area contributed by atoms with Gasteiger partial charge < -0.3 is 9.80 Å². The fourth-order valence-corrected chi connectivity index (χ4v) is 13.8. The lowest BCUT2D eigenvalue weighted by Gasteiger charge is -2.45. The molecular formula is C64H46N2S2. The van der Waals surface area contributed by atoms with Gasteiger partial charge in [0.15, 0.2) is 0 Å². The van der Waals surface area contributed by atoms with Crippen LogP contribution in [0.4, 0.5) is 22.7 Å². The topological polar surface area (TPSA) is 6.48 Å². The highest BCUT2D eigenvalue weighted by atomic mass is 32.1. The van der Waals surface area contributed by atoms with E-state index in [-0.39, 0.29) is 5.92 Å². The van der Waals surface area contributed by atoms with Crippen molar-refractivity contribution in [1.82, 2.24) is 0 Å². The predicted molar refractivity (Wildman–Crippen MR) is 294 cm³/mol. The molecule has 10 aromatic carbocycles. The fourth-order valence-electron chi connectivity index (χ4n) is 11.1. The lowest BCUT2D eigenvalue weighted by atomic mass is 9.79. The molecule has 1 aliphatic carbocycles. The Bertz CT molecular complexity index is 3780. The number of nitrogens with zero attached hydrogens (tertiary/aromatic N) is 2. The van der Waals surface area contributed by atoms with Crippen LogP contribution in [0.3, 0.4) is 0 Å². The van der Waals surface area contributed by atoms with Crippen molar-refractivity contribution in [2.45, 2.75) is 24.8 Å². The van der Waals surface area contributed by atoms with E-state index in [1.54, 1.807) is 0 Å². The molecule has 0 aliphatic heterocycles. The monoisotopic (exact) mass is 906 g/mol. The largest absolute Gasteiger partial charge is 0.332 e. The van der Waals surface area contributed by atoms with Crippen LogP contribution in [0.2, 0.25) is 0 Å². The second-order valence-corrected chi connectivity index (χ2v) is 20.4. The Morgan fingerprint density at radius 2 is 0.971 bits per heavy atom. The zero-order chi connectivity index (χ0) is 45.2. The Labute approximate surface area is 404 Å². The molecule has 2 nitrogen and oxygen atoms in total. The number of anilines is 4. The lowest BCUT2D eigenvalue weighted by Crippen LogP contribution is -2.46. The molecule has 0 radical (unpaired) electrons. The van der Waals surface area contributed by atoms with Gasteiger partial charge in [-0.2, -0.15) is 0 Å². The molecule has 0 fully saturated rings. The van der Waals surface area contributed by atoms with E-state index in [9.17, 15) is 0 Å². The molecule has 4 heteroatoms. The molecule has 324 valence electrons. The van der Waals surface area contributed by atoms with E-state index in [0.717, 1.165) is 29.2 Å². The third kappa shape index (κ3) is 6.74. The van der Waals surface area contributed by atoms with Crippen molar-refractivity contribution < 1.29 is 0 Å². The molecule has 13 rings (SSSR count). The maximum absolute atomic E-state index is 2.59. The normalized spacial score (nSPS) is 15.2. The fraction of sp³-hybridized carbons (Fsp3) is 0.0625. The Morgan fingerprint density at radius 3 is 1.65 bits per heavy atom. The SMILES string of the molecule is CC1(N(c2ccccc2)c2ccccc2)C=C(N(c2ccccc2)c2ccccc2)c2c(sc3c2cc([C@H](c2ccc4ccccc4c2)c2cccc4c2sc2ccccc24)c2ccccc23)C1. The first kappa shape index (κ1) is 40.5. The highest BCUT2D eigenvalue weighted by Crippen LogP contribution is 2.53. The van der Waals surface area contributed by atoms with Crippen LogP contribution in [0.15, 0.2) is 243 Å². The number of hydrogen-bond acceptors (Lipinski definition) is 4. The summed E-state index contributed by atoms with van der Waals surface area (Å²) in [5.41, 5.74) is 10.6. The molecule has 1 unspecified atom stereocenters. The number of fused-ring (bicyclic) bond motifs is 9. The van der Waals surface area contributed by atoms with Gasteiger partial charge >= 0.3 is 0 Å². The molecule has 0 saturated carbocycles. The summed E-state index contributed by atoms with van der Waals surface area (Å²) in [6, 6.07) is 87.4. The summed E-state index contributed by atoms with van der Waals surface area (Å²) in [4.78, 5) is 6.44. The van der Waals surface area contributed by atoms with Crippen molar-refractivity contribution in [2.24, 2.45) is 0 Å². The van der Waals surface area contributed by atoms with Gasteiger partial charge in [-0.15, -0.1) is 22.7 Å². The lowest BCUT2D eigenvalue weighted by molar-refractivity contribution is 0.562. The van der Waals surface area contributed by atoms with E-state index >= 15 is 0 Å². The molecule has 0 bridgehead atoms. The van der Waals surface area contributed by atoms with Gasteiger partial charge in [0.25, 0.3) is 0 Å². The Balaban J connectivity index is 1.13. The molecule has 2 atom stereocenters. The van der Waals surface area contributed by atoms with Crippen LogP contribution in [-0.2, 0) is 6.42 Å². The number of rotatable bonds is 9. The molecule has 0 amide bonds. The molecular weight excluding hydrogens is 861 g/mol. The second-order valence-electron chi connectivity index (χ2n) is 18.2. The molecule has 0 spiro atoms. The van der Waals surface area contributed by atoms with Gasteiger partial charge in [-0.25, -0.2) is 0 Å². The molecule has 2 heterocycles. The maximum atomic E-state index is 2.59. The van der Waals surface area contributed by atoms with Crippen LogP contribution in [0, 0.1) is 0 Å². The van der Waals surface area contributed by atoms with Gasteiger partial charge in [-0.05, 0) is 112 Å². The van der Waals surface area contributed by atoms with Crippen LogP contribution < -0.4 is 9.80 Å². The summed E-state index contributed by atoms with van der Waals surface area (Å²) in [5, 5.41) is 9.03. The zero-order valence-electron chi connectivity index (χ0n) is 37.6. The van der Waals surface area contributed by atoms with E-state index < -0.39 is 5.54 Å². The highest BCUT2D eigenvalue weighted by Gasteiger charge is 2.40. The Kier molecular flexibility index (Phi) is 9.85. The van der Waals surface area contributed by atoms with E-state index in [1.807, 2.05) is 22.7 Å². The Hall–Kier alpha value is -7.76. The number of para-hydroxylation sites is 4. The van der Waals surface area contributed by atoms with Gasteiger partial charge in [0, 0.05) is 75.8 Å². The van der Waals surface area contributed by atoms with Crippen molar-refractivity contribution in [2.75, 3.05) is 9.80 Å². The van der Waals surface area contributed by atoms with Gasteiger partial charge in [0.05, 0.1) is 11.2 Å². The molecule has 68 heavy (non-hydrogen) atoms. The van der Waals surface area contributed by atoms with E-state index in [0.29, 0.717) is 0 Å². The maximum Gasteiger partial charge on any atom is 0.0676 e. The van der Waals surface area contributed by atoms with Crippen molar-refractivity contribution in [3.63, 3.8) is 0 Å². The van der Waals surface area contributed by atoms with Gasteiger partial charge in [-0.1, -0.05) is 176 Å². The summed E-state index contributed by atoms with van der Waals surface area (Å²) in [7, 11) is 0. The average molecular weight is 907 g/mol. The summed E-state index contributed by atoms with van der Waals surface area (Å²) in [6.07, 6.45) is 3.40. The summed E-state index contributed by atoms with van der Waals surface area (Å²) in [6.45, 7) is 2.43. The number of benzene rings is 10. The second kappa shape index (κ2) is 16.5. The smallest absolute Gasteiger partial charge is 0.0676 e. The van der Waals surface area contributed by atoms with Crippen LogP contribution in [0.25, 0.3) is 57.5 Å².